The van der Waals surface area contributed by atoms with E-state index in [2.05, 4.69) is 0 Å². The van der Waals surface area contributed by atoms with E-state index in [1.807, 2.05) is 0 Å². The number of ketones is 1. The molecule has 0 spiro atoms. The Balaban J connectivity index is 2.52. The van der Waals surface area contributed by atoms with E-state index in [9.17, 15) is 9.59 Å². The van der Waals surface area contributed by atoms with Crippen LogP contribution in [0.1, 0.15) is 34.7 Å². The van der Waals surface area contributed by atoms with Crippen molar-refractivity contribution in [2.24, 2.45) is 0 Å². The van der Waals surface area contributed by atoms with Crippen molar-refractivity contribution in [1.29, 1.82) is 0 Å². The number of rotatable bonds is 1. The average Bonchev–Trinajstić information content (AvgIpc) is 2.18. The zero-order valence-corrected chi connectivity index (χ0v) is 7.56. The third-order valence-electron chi connectivity index (χ3n) is 2.59. The van der Waals surface area contributed by atoms with Gasteiger partial charge in [0.15, 0.2) is 5.78 Å². The molecular formula is C11H10O3. The number of fused-ring (bicyclic) bond motifs is 1. The van der Waals surface area contributed by atoms with Crippen molar-refractivity contribution in [3.8, 4) is 0 Å². The molecule has 0 radical (unpaired) electrons. The maximum atomic E-state index is 11.5. The van der Waals surface area contributed by atoms with Gasteiger partial charge in [-0.25, -0.2) is 0 Å². The molecule has 14 heavy (non-hydrogen) atoms. The topological polar surface area (TPSA) is 54.4 Å². The summed E-state index contributed by atoms with van der Waals surface area (Å²) in [6.07, 6.45) is 0.763. The molecule has 0 saturated heterocycles. The molecule has 1 atom stereocenters. The highest BCUT2D eigenvalue weighted by Gasteiger charge is 2.29. The quantitative estimate of drug-likeness (QED) is 0.735. The van der Waals surface area contributed by atoms with Crippen LogP contribution in [0.3, 0.4) is 0 Å². The third-order valence-corrected chi connectivity index (χ3v) is 2.59. The summed E-state index contributed by atoms with van der Waals surface area (Å²) in [6.45, 7) is 0. The summed E-state index contributed by atoms with van der Waals surface area (Å²) in [6, 6.07) is 6.96. The van der Waals surface area contributed by atoms with Crippen LogP contribution in [0.4, 0.5) is 0 Å². The molecule has 3 heteroatoms. The van der Waals surface area contributed by atoms with Crippen LogP contribution < -0.4 is 0 Å². The molecule has 1 aliphatic rings. The number of benzene rings is 1. The molecule has 0 heterocycles. The number of carboxylic acid groups (broad SMARTS) is 1. The number of carbonyl (C=O) groups is 2. The first-order chi connectivity index (χ1) is 6.70. The van der Waals surface area contributed by atoms with E-state index in [-0.39, 0.29) is 5.78 Å². The lowest BCUT2D eigenvalue weighted by Crippen LogP contribution is -2.21. The molecule has 0 amide bonds. The number of Topliss-reactive ketones (excluding diaryl/α,β-unsaturated/α-hetero) is 1. The lowest BCUT2D eigenvalue weighted by atomic mass is 9.82. The van der Waals surface area contributed by atoms with Crippen LogP contribution >= 0.6 is 0 Å². The lowest BCUT2D eigenvalue weighted by molar-refractivity contribution is -0.139. The predicted octanol–water partition coefficient (Wildman–Crippen LogP) is 1.83. The van der Waals surface area contributed by atoms with Gasteiger partial charge in [-0.05, 0) is 12.0 Å². The van der Waals surface area contributed by atoms with Gasteiger partial charge in [0.05, 0.1) is 5.92 Å². The molecule has 72 valence electrons. The van der Waals surface area contributed by atoms with Crippen molar-refractivity contribution in [1.82, 2.24) is 0 Å². The molecule has 0 aliphatic heterocycles. The second-order valence-electron chi connectivity index (χ2n) is 3.44. The number of hydrogen-bond acceptors (Lipinski definition) is 2. The van der Waals surface area contributed by atoms with E-state index in [4.69, 9.17) is 5.11 Å². The van der Waals surface area contributed by atoms with Crippen molar-refractivity contribution < 1.29 is 14.7 Å². The fourth-order valence-corrected chi connectivity index (χ4v) is 1.88. The van der Waals surface area contributed by atoms with Crippen molar-refractivity contribution >= 4 is 11.8 Å². The lowest BCUT2D eigenvalue weighted by Gasteiger charge is -2.20. The number of hydrogen-bond donors (Lipinski definition) is 1. The van der Waals surface area contributed by atoms with E-state index < -0.39 is 11.9 Å². The van der Waals surface area contributed by atoms with Crippen LogP contribution in [0.25, 0.3) is 0 Å². The van der Waals surface area contributed by atoms with Gasteiger partial charge in [0.2, 0.25) is 0 Å². The maximum Gasteiger partial charge on any atom is 0.311 e. The van der Waals surface area contributed by atoms with Crippen LogP contribution in [-0.2, 0) is 4.79 Å². The van der Waals surface area contributed by atoms with Gasteiger partial charge < -0.3 is 5.11 Å². The largest absolute Gasteiger partial charge is 0.481 e. The van der Waals surface area contributed by atoms with E-state index in [0.29, 0.717) is 24.0 Å². The van der Waals surface area contributed by atoms with Gasteiger partial charge >= 0.3 is 5.97 Å². The van der Waals surface area contributed by atoms with Crippen molar-refractivity contribution in [3.05, 3.63) is 35.4 Å². The molecule has 3 nitrogen and oxygen atoms in total. The minimum absolute atomic E-state index is 0.0538. The van der Waals surface area contributed by atoms with Crippen LogP contribution in [0.15, 0.2) is 24.3 Å². The fourth-order valence-electron chi connectivity index (χ4n) is 1.88. The van der Waals surface area contributed by atoms with Gasteiger partial charge in [-0.1, -0.05) is 24.3 Å². The van der Waals surface area contributed by atoms with Crippen molar-refractivity contribution in [3.63, 3.8) is 0 Å². The van der Waals surface area contributed by atoms with Gasteiger partial charge in [-0.15, -0.1) is 0 Å². The number of aliphatic carboxylic acids is 1. The minimum atomic E-state index is -0.843. The Bertz CT molecular complexity index is 395. The summed E-state index contributed by atoms with van der Waals surface area (Å²) in [4.78, 5) is 22.4. The SMILES string of the molecule is O=C1CC[C@@H](C(=O)O)c2ccccc21. The summed E-state index contributed by atoms with van der Waals surface area (Å²) >= 11 is 0. The van der Waals surface area contributed by atoms with Crippen LogP contribution in [0.5, 0.6) is 0 Å². The highest BCUT2D eigenvalue weighted by Crippen LogP contribution is 2.31. The first kappa shape index (κ1) is 8.94. The van der Waals surface area contributed by atoms with Crippen molar-refractivity contribution in [2.45, 2.75) is 18.8 Å². The normalized spacial score (nSPS) is 20.3. The van der Waals surface area contributed by atoms with Gasteiger partial charge in [0.1, 0.15) is 0 Å². The molecule has 1 N–H and O–H groups in total. The molecule has 1 aliphatic carbocycles. The molecular weight excluding hydrogens is 180 g/mol. The Hall–Kier alpha value is -1.64. The van der Waals surface area contributed by atoms with Crippen molar-refractivity contribution in [2.75, 3.05) is 0 Å². The van der Waals surface area contributed by atoms with Gasteiger partial charge in [-0.3, -0.25) is 9.59 Å². The Kier molecular flexibility index (Phi) is 2.08. The van der Waals surface area contributed by atoms with E-state index in [1.165, 1.54) is 0 Å². The number of carboxylic acids is 1. The zero-order chi connectivity index (χ0) is 10.1. The van der Waals surface area contributed by atoms with E-state index in [1.54, 1.807) is 24.3 Å². The van der Waals surface area contributed by atoms with Gasteiger partial charge in [-0.2, -0.15) is 0 Å². The number of carbonyl (C=O) groups excluding carboxylic acids is 1. The second kappa shape index (κ2) is 3.25. The smallest absolute Gasteiger partial charge is 0.311 e. The van der Waals surface area contributed by atoms with E-state index in [0.717, 1.165) is 0 Å². The molecule has 0 fully saturated rings. The van der Waals surface area contributed by atoms with Crippen LogP contribution in [0, 0.1) is 0 Å². The molecule has 0 aromatic heterocycles. The maximum absolute atomic E-state index is 11.5. The molecule has 0 unspecified atom stereocenters. The third kappa shape index (κ3) is 1.31. The monoisotopic (exact) mass is 190 g/mol. The summed E-state index contributed by atoms with van der Waals surface area (Å²) in [7, 11) is 0. The predicted molar refractivity (Wildman–Crippen MR) is 50.4 cm³/mol. The minimum Gasteiger partial charge on any atom is -0.481 e. The first-order valence-electron chi connectivity index (χ1n) is 4.55. The first-order valence-corrected chi connectivity index (χ1v) is 4.55. The molecule has 0 saturated carbocycles. The highest BCUT2D eigenvalue weighted by atomic mass is 16.4. The van der Waals surface area contributed by atoms with Crippen LogP contribution in [0.2, 0.25) is 0 Å². The Morgan fingerprint density at radius 3 is 2.79 bits per heavy atom. The zero-order valence-electron chi connectivity index (χ0n) is 7.56. The highest BCUT2D eigenvalue weighted by molar-refractivity contribution is 6.00. The molecule has 2 rings (SSSR count). The van der Waals surface area contributed by atoms with E-state index >= 15 is 0 Å². The molecule has 1 aromatic carbocycles. The standard InChI is InChI=1S/C11H10O3/c12-10-6-5-9(11(13)14)7-3-1-2-4-8(7)10/h1-4,9H,5-6H2,(H,13,14)/t9-/m1/s1. The van der Waals surface area contributed by atoms with Gasteiger partial charge in [0.25, 0.3) is 0 Å². The summed E-state index contributed by atoms with van der Waals surface area (Å²) in [5, 5.41) is 8.96. The molecule has 0 bridgehead atoms. The second-order valence-corrected chi connectivity index (χ2v) is 3.44. The summed E-state index contributed by atoms with van der Waals surface area (Å²) in [5.41, 5.74) is 1.24. The average molecular weight is 190 g/mol. The Labute approximate surface area is 81.4 Å². The van der Waals surface area contributed by atoms with Crippen LogP contribution in [-0.4, -0.2) is 16.9 Å². The Morgan fingerprint density at radius 2 is 2.07 bits per heavy atom. The van der Waals surface area contributed by atoms with Gasteiger partial charge in [0, 0.05) is 12.0 Å². The summed E-state index contributed by atoms with van der Waals surface area (Å²) < 4.78 is 0. The summed E-state index contributed by atoms with van der Waals surface area (Å²) in [5.74, 6) is -1.30. The fraction of sp³-hybridized carbons (Fsp3) is 0.273. The Morgan fingerprint density at radius 1 is 1.36 bits per heavy atom. The molecule has 1 aromatic rings.